The molecule has 0 saturated carbocycles. The number of rotatable bonds is 3. The fourth-order valence-corrected chi connectivity index (χ4v) is 2.82. The summed E-state index contributed by atoms with van der Waals surface area (Å²) in [5.74, 6) is -0.956. The van der Waals surface area contributed by atoms with Gasteiger partial charge in [-0.15, -0.1) is 0 Å². The lowest BCUT2D eigenvalue weighted by molar-refractivity contribution is 0.0697. The zero-order chi connectivity index (χ0) is 13.1. The monoisotopic (exact) mass is 267 g/mol. The summed E-state index contributed by atoms with van der Waals surface area (Å²) in [7, 11) is -1.15. The van der Waals surface area contributed by atoms with Crippen molar-refractivity contribution in [3.8, 4) is 0 Å². The van der Waals surface area contributed by atoms with Crippen LogP contribution in [-0.2, 0) is 10.8 Å². The molecule has 1 unspecified atom stereocenters. The minimum Gasteiger partial charge on any atom is -0.478 e. The first-order valence-electron chi connectivity index (χ1n) is 6.05. The van der Waals surface area contributed by atoms with Gasteiger partial charge in [0.1, 0.15) is 0 Å². The normalized spacial score (nSPS) is 17.5. The maximum atomic E-state index is 11.4. The lowest BCUT2D eigenvalue weighted by Gasteiger charge is -2.30. The van der Waals surface area contributed by atoms with Crippen molar-refractivity contribution in [1.82, 2.24) is 0 Å². The van der Waals surface area contributed by atoms with E-state index in [2.05, 4.69) is 4.90 Å². The van der Waals surface area contributed by atoms with Gasteiger partial charge in [0.15, 0.2) is 0 Å². The summed E-state index contributed by atoms with van der Waals surface area (Å²) in [5.41, 5.74) is 1.00. The van der Waals surface area contributed by atoms with Crippen LogP contribution in [0.5, 0.6) is 0 Å². The Morgan fingerprint density at radius 1 is 1.28 bits per heavy atom. The summed E-state index contributed by atoms with van der Waals surface area (Å²) in [6.45, 7) is 1.80. The molecule has 4 nitrogen and oxygen atoms in total. The number of piperidine rings is 1. The minimum absolute atomic E-state index is 0.254. The highest BCUT2D eigenvalue weighted by Gasteiger charge is 2.19. The molecule has 1 fully saturated rings. The van der Waals surface area contributed by atoms with Crippen molar-refractivity contribution in [2.24, 2.45) is 0 Å². The number of carbonyl (C=O) groups is 1. The van der Waals surface area contributed by atoms with Gasteiger partial charge in [-0.05, 0) is 37.5 Å². The van der Waals surface area contributed by atoms with Gasteiger partial charge in [-0.25, -0.2) is 4.79 Å². The molecule has 0 aliphatic carbocycles. The molecule has 2 rings (SSSR count). The van der Waals surface area contributed by atoms with Crippen LogP contribution < -0.4 is 4.90 Å². The Morgan fingerprint density at radius 3 is 2.50 bits per heavy atom. The zero-order valence-corrected chi connectivity index (χ0v) is 11.2. The van der Waals surface area contributed by atoms with Crippen LogP contribution in [0.25, 0.3) is 0 Å². The molecule has 1 aliphatic rings. The van der Waals surface area contributed by atoms with Gasteiger partial charge >= 0.3 is 5.97 Å². The Kier molecular flexibility index (Phi) is 4.01. The van der Waals surface area contributed by atoms with Crippen molar-refractivity contribution in [1.29, 1.82) is 0 Å². The van der Waals surface area contributed by atoms with Crippen molar-refractivity contribution in [2.45, 2.75) is 24.2 Å². The summed E-state index contributed by atoms with van der Waals surface area (Å²) in [6, 6.07) is 5.07. The van der Waals surface area contributed by atoms with Crippen molar-refractivity contribution in [3.05, 3.63) is 23.8 Å². The van der Waals surface area contributed by atoms with Gasteiger partial charge in [-0.3, -0.25) is 4.21 Å². The lowest BCUT2D eigenvalue weighted by atomic mass is 10.1. The SMILES string of the molecule is CS(=O)c1ccc(N2CCCCC2)c(C(=O)O)c1. The Balaban J connectivity index is 2.39. The maximum Gasteiger partial charge on any atom is 0.337 e. The molecule has 1 saturated heterocycles. The van der Waals surface area contributed by atoms with E-state index in [0.29, 0.717) is 4.90 Å². The molecule has 18 heavy (non-hydrogen) atoms. The fourth-order valence-electron chi connectivity index (χ4n) is 2.28. The van der Waals surface area contributed by atoms with Gasteiger partial charge in [-0.1, -0.05) is 0 Å². The number of aromatic carboxylic acids is 1. The van der Waals surface area contributed by atoms with Crippen LogP contribution in [0, 0.1) is 0 Å². The molecule has 1 aliphatic heterocycles. The average Bonchev–Trinajstić information content (AvgIpc) is 2.39. The fraction of sp³-hybridized carbons (Fsp3) is 0.462. The molecule has 1 atom stereocenters. The molecule has 1 heterocycles. The van der Waals surface area contributed by atoms with Gasteiger partial charge in [0.2, 0.25) is 0 Å². The molecule has 1 aromatic carbocycles. The topological polar surface area (TPSA) is 57.6 Å². The van der Waals surface area contributed by atoms with E-state index < -0.39 is 16.8 Å². The predicted molar refractivity (Wildman–Crippen MR) is 71.8 cm³/mol. The minimum atomic E-state index is -1.15. The molecular weight excluding hydrogens is 250 g/mol. The molecule has 0 radical (unpaired) electrons. The summed E-state index contributed by atoms with van der Waals surface area (Å²) in [5, 5.41) is 9.28. The van der Waals surface area contributed by atoms with Gasteiger partial charge in [-0.2, -0.15) is 0 Å². The van der Waals surface area contributed by atoms with Crippen LogP contribution >= 0.6 is 0 Å². The summed E-state index contributed by atoms with van der Waals surface area (Å²) < 4.78 is 11.4. The number of hydrogen-bond donors (Lipinski definition) is 1. The average molecular weight is 267 g/mol. The highest BCUT2D eigenvalue weighted by molar-refractivity contribution is 7.84. The van der Waals surface area contributed by atoms with Crippen molar-refractivity contribution in [3.63, 3.8) is 0 Å². The molecule has 0 bridgehead atoms. The zero-order valence-electron chi connectivity index (χ0n) is 10.4. The summed E-state index contributed by atoms with van der Waals surface area (Å²) in [4.78, 5) is 14.0. The highest BCUT2D eigenvalue weighted by Crippen LogP contribution is 2.26. The maximum absolute atomic E-state index is 11.4. The Morgan fingerprint density at radius 2 is 1.94 bits per heavy atom. The van der Waals surface area contributed by atoms with Crippen LogP contribution in [0.4, 0.5) is 5.69 Å². The highest BCUT2D eigenvalue weighted by atomic mass is 32.2. The Hall–Kier alpha value is -1.36. The molecule has 5 heteroatoms. The van der Waals surface area contributed by atoms with E-state index in [1.54, 1.807) is 18.4 Å². The van der Waals surface area contributed by atoms with Crippen molar-refractivity contribution >= 4 is 22.5 Å². The Bertz CT molecular complexity index is 481. The Labute approximate surface area is 109 Å². The van der Waals surface area contributed by atoms with E-state index in [4.69, 9.17) is 0 Å². The smallest absolute Gasteiger partial charge is 0.337 e. The first-order valence-corrected chi connectivity index (χ1v) is 7.61. The van der Waals surface area contributed by atoms with Crippen molar-refractivity contribution in [2.75, 3.05) is 24.2 Å². The van der Waals surface area contributed by atoms with E-state index in [1.807, 2.05) is 0 Å². The third-order valence-corrected chi connectivity index (χ3v) is 4.14. The van der Waals surface area contributed by atoms with E-state index in [9.17, 15) is 14.1 Å². The quantitative estimate of drug-likeness (QED) is 0.911. The summed E-state index contributed by atoms with van der Waals surface area (Å²) in [6.07, 6.45) is 4.96. The molecule has 0 spiro atoms. The van der Waals surface area contributed by atoms with Gasteiger partial charge < -0.3 is 10.0 Å². The predicted octanol–water partition coefficient (Wildman–Crippen LogP) is 2.11. The lowest BCUT2D eigenvalue weighted by Crippen LogP contribution is -2.30. The molecule has 1 aromatic rings. The van der Waals surface area contributed by atoms with E-state index in [-0.39, 0.29) is 5.56 Å². The van der Waals surface area contributed by atoms with E-state index in [1.165, 1.54) is 12.5 Å². The summed E-state index contributed by atoms with van der Waals surface area (Å²) >= 11 is 0. The van der Waals surface area contributed by atoms with Crippen LogP contribution in [0.1, 0.15) is 29.6 Å². The molecule has 0 aromatic heterocycles. The van der Waals surface area contributed by atoms with E-state index >= 15 is 0 Å². The second kappa shape index (κ2) is 5.52. The molecule has 98 valence electrons. The largest absolute Gasteiger partial charge is 0.478 e. The van der Waals surface area contributed by atoms with Gasteiger partial charge in [0.25, 0.3) is 0 Å². The standard InChI is InChI=1S/C13H17NO3S/c1-18(17)10-5-6-12(11(9-10)13(15)16)14-7-3-2-4-8-14/h5-6,9H,2-4,7-8H2,1H3,(H,15,16). The number of carboxylic acids is 1. The number of carboxylic acid groups (broad SMARTS) is 1. The van der Waals surface area contributed by atoms with Crippen molar-refractivity contribution < 1.29 is 14.1 Å². The third kappa shape index (κ3) is 2.72. The van der Waals surface area contributed by atoms with Crippen LogP contribution in [0.15, 0.2) is 23.1 Å². The van der Waals surface area contributed by atoms with Crippen LogP contribution in [-0.4, -0.2) is 34.6 Å². The number of hydrogen-bond acceptors (Lipinski definition) is 3. The second-order valence-electron chi connectivity index (χ2n) is 4.49. The first-order chi connectivity index (χ1) is 8.59. The third-order valence-electron chi connectivity index (χ3n) is 3.23. The first kappa shape index (κ1) is 13.1. The number of nitrogens with zero attached hydrogens (tertiary/aromatic N) is 1. The van der Waals surface area contributed by atoms with Gasteiger partial charge in [0, 0.05) is 35.0 Å². The number of anilines is 1. The molecule has 0 amide bonds. The van der Waals surface area contributed by atoms with Crippen LogP contribution in [0.2, 0.25) is 0 Å². The van der Waals surface area contributed by atoms with E-state index in [0.717, 1.165) is 31.6 Å². The second-order valence-corrected chi connectivity index (χ2v) is 5.87. The number of benzene rings is 1. The molecular formula is C13H17NO3S. The molecule has 1 N–H and O–H groups in total. The van der Waals surface area contributed by atoms with Gasteiger partial charge in [0.05, 0.1) is 11.3 Å². The van der Waals surface area contributed by atoms with Crippen LogP contribution in [0.3, 0.4) is 0 Å².